The monoisotopic (exact) mass is 473 g/mol. The second-order valence-corrected chi connectivity index (χ2v) is 9.36. The molecule has 0 amide bonds. The van der Waals surface area contributed by atoms with Crippen molar-refractivity contribution in [3.63, 3.8) is 0 Å². The molecule has 5 aromatic rings. The number of aromatic nitrogens is 4. The summed E-state index contributed by atoms with van der Waals surface area (Å²) in [5, 5.41) is 3.49. The summed E-state index contributed by atoms with van der Waals surface area (Å²) in [6.07, 6.45) is 11.4. The number of carbonyl (C=O) groups excluding carboxylic acids is 1. The standard InChI is InChI=1S/C30H27N5O/c36-28(17-21-8-9-21)25-12-10-24(11-13-25)27-19-33-30-29(32-16-14-22-5-4-15-31-18-22)34-26(20-35(27)30)23-6-2-1-3-7-23/h1-7,10-13,15,18-21H,8-9,14,16-17H2,(H,32,34). The van der Waals surface area contributed by atoms with Gasteiger partial charge >= 0.3 is 0 Å². The first kappa shape index (κ1) is 22.2. The smallest absolute Gasteiger partial charge is 0.180 e. The Morgan fingerprint density at radius 2 is 1.78 bits per heavy atom. The van der Waals surface area contributed by atoms with Gasteiger partial charge in [-0.1, -0.05) is 60.7 Å². The molecular weight excluding hydrogens is 446 g/mol. The SMILES string of the molecule is O=C(CC1CC1)c1ccc(-c2cnc3c(NCCc4cccnc4)nc(-c4ccccc4)cn23)cc1. The molecule has 6 rings (SSSR count). The molecule has 36 heavy (non-hydrogen) atoms. The average molecular weight is 474 g/mol. The molecule has 1 aliphatic carbocycles. The zero-order valence-electron chi connectivity index (χ0n) is 20.0. The molecule has 3 aromatic heterocycles. The number of carbonyl (C=O) groups is 1. The van der Waals surface area contributed by atoms with Gasteiger partial charge in [-0.15, -0.1) is 0 Å². The van der Waals surface area contributed by atoms with Gasteiger partial charge in [0.1, 0.15) is 0 Å². The lowest BCUT2D eigenvalue weighted by Gasteiger charge is -2.12. The number of ketones is 1. The van der Waals surface area contributed by atoms with E-state index in [-0.39, 0.29) is 5.78 Å². The van der Waals surface area contributed by atoms with Crippen LogP contribution in [0.3, 0.4) is 0 Å². The van der Waals surface area contributed by atoms with Gasteiger partial charge in [-0.2, -0.15) is 0 Å². The average Bonchev–Trinajstić information content (AvgIpc) is 3.64. The highest BCUT2D eigenvalue weighted by Gasteiger charge is 2.25. The van der Waals surface area contributed by atoms with E-state index in [4.69, 9.17) is 9.97 Å². The highest BCUT2D eigenvalue weighted by Crippen LogP contribution is 2.34. The van der Waals surface area contributed by atoms with E-state index in [0.717, 1.165) is 46.0 Å². The maximum absolute atomic E-state index is 12.5. The first-order valence-electron chi connectivity index (χ1n) is 12.4. The van der Waals surface area contributed by atoms with Gasteiger partial charge in [0.2, 0.25) is 0 Å². The lowest BCUT2D eigenvalue weighted by atomic mass is 10.0. The Balaban J connectivity index is 1.33. The van der Waals surface area contributed by atoms with Crippen LogP contribution in [-0.2, 0) is 6.42 Å². The number of fused-ring (bicyclic) bond motifs is 1. The second-order valence-electron chi connectivity index (χ2n) is 9.36. The number of pyridine rings is 1. The first-order valence-corrected chi connectivity index (χ1v) is 12.4. The summed E-state index contributed by atoms with van der Waals surface area (Å²) in [7, 11) is 0. The second kappa shape index (κ2) is 9.74. The highest BCUT2D eigenvalue weighted by atomic mass is 16.1. The molecule has 6 heteroatoms. The predicted molar refractivity (Wildman–Crippen MR) is 142 cm³/mol. The molecule has 1 saturated carbocycles. The Morgan fingerprint density at radius 3 is 2.53 bits per heavy atom. The molecule has 178 valence electrons. The minimum absolute atomic E-state index is 0.234. The Labute approximate surface area is 210 Å². The Bertz CT molecular complexity index is 1490. The van der Waals surface area contributed by atoms with Crippen molar-refractivity contribution in [2.45, 2.75) is 25.7 Å². The normalized spacial score (nSPS) is 13.1. The summed E-state index contributed by atoms with van der Waals surface area (Å²) in [5.41, 5.74) is 6.59. The van der Waals surface area contributed by atoms with E-state index < -0.39 is 0 Å². The zero-order chi connectivity index (χ0) is 24.3. The van der Waals surface area contributed by atoms with Crippen molar-refractivity contribution in [1.82, 2.24) is 19.4 Å². The molecular formula is C30H27N5O. The van der Waals surface area contributed by atoms with Crippen LogP contribution in [0.4, 0.5) is 5.82 Å². The van der Waals surface area contributed by atoms with E-state index in [9.17, 15) is 4.79 Å². The summed E-state index contributed by atoms with van der Waals surface area (Å²) in [6.45, 7) is 0.715. The Hall–Kier alpha value is -4.32. The zero-order valence-corrected chi connectivity index (χ0v) is 20.0. The van der Waals surface area contributed by atoms with Crippen LogP contribution in [0.25, 0.3) is 28.2 Å². The van der Waals surface area contributed by atoms with Gasteiger partial charge in [-0.25, -0.2) is 9.97 Å². The van der Waals surface area contributed by atoms with Crippen LogP contribution in [-0.4, -0.2) is 31.7 Å². The third kappa shape index (κ3) is 4.75. The van der Waals surface area contributed by atoms with Crippen molar-refractivity contribution in [3.05, 3.63) is 103 Å². The molecule has 0 radical (unpaired) electrons. The fourth-order valence-electron chi connectivity index (χ4n) is 4.47. The van der Waals surface area contributed by atoms with Gasteiger partial charge < -0.3 is 5.32 Å². The van der Waals surface area contributed by atoms with Gasteiger partial charge in [-0.05, 0) is 36.8 Å². The number of nitrogens with one attached hydrogen (secondary N) is 1. The summed E-state index contributed by atoms with van der Waals surface area (Å²) >= 11 is 0. The van der Waals surface area contributed by atoms with Gasteiger partial charge in [0, 0.05) is 48.2 Å². The summed E-state index contributed by atoms with van der Waals surface area (Å²) < 4.78 is 2.09. The van der Waals surface area contributed by atoms with Gasteiger partial charge in [-0.3, -0.25) is 14.2 Å². The van der Waals surface area contributed by atoms with Crippen molar-refractivity contribution < 1.29 is 4.79 Å². The van der Waals surface area contributed by atoms with E-state index in [2.05, 4.69) is 32.9 Å². The van der Waals surface area contributed by atoms with E-state index in [1.54, 1.807) is 6.20 Å². The molecule has 1 fully saturated rings. The third-order valence-electron chi connectivity index (χ3n) is 6.66. The van der Waals surface area contributed by atoms with E-state index in [1.807, 2.05) is 67.1 Å². The fourth-order valence-corrected chi connectivity index (χ4v) is 4.47. The van der Waals surface area contributed by atoms with Crippen LogP contribution >= 0.6 is 0 Å². The van der Waals surface area contributed by atoms with Crippen LogP contribution in [0.5, 0.6) is 0 Å². The van der Waals surface area contributed by atoms with Crippen molar-refractivity contribution in [2.24, 2.45) is 5.92 Å². The third-order valence-corrected chi connectivity index (χ3v) is 6.66. The van der Waals surface area contributed by atoms with Gasteiger partial charge in [0.15, 0.2) is 17.2 Å². The van der Waals surface area contributed by atoms with Gasteiger partial charge in [0.05, 0.1) is 17.6 Å². The number of rotatable bonds is 9. The maximum atomic E-state index is 12.5. The fraction of sp³-hybridized carbons (Fsp3) is 0.200. The van der Waals surface area contributed by atoms with Crippen LogP contribution in [0.15, 0.2) is 91.5 Å². The molecule has 3 heterocycles. The quantitative estimate of drug-likeness (QED) is 0.262. The van der Waals surface area contributed by atoms with Crippen molar-refractivity contribution in [3.8, 4) is 22.5 Å². The number of imidazole rings is 1. The molecule has 0 atom stereocenters. The molecule has 2 aromatic carbocycles. The Morgan fingerprint density at radius 1 is 0.944 bits per heavy atom. The molecule has 0 unspecified atom stereocenters. The molecule has 1 N–H and O–H groups in total. The number of nitrogens with zero attached hydrogens (tertiary/aromatic N) is 4. The lowest BCUT2D eigenvalue weighted by Crippen LogP contribution is -2.09. The highest BCUT2D eigenvalue weighted by molar-refractivity contribution is 5.96. The Kier molecular flexibility index (Phi) is 6.00. The van der Waals surface area contributed by atoms with Gasteiger partial charge in [0.25, 0.3) is 0 Å². The minimum Gasteiger partial charge on any atom is -0.367 e. The number of hydrogen-bond donors (Lipinski definition) is 1. The number of benzene rings is 2. The number of hydrogen-bond acceptors (Lipinski definition) is 5. The predicted octanol–water partition coefficient (Wildman–Crippen LogP) is 6.10. The summed E-state index contributed by atoms with van der Waals surface area (Å²) in [5.74, 6) is 1.56. The maximum Gasteiger partial charge on any atom is 0.180 e. The summed E-state index contributed by atoms with van der Waals surface area (Å²) in [4.78, 5) is 26.4. The molecule has 0 aliphatic heterocycles. The van der Waals surface area contributed by atoms with Crippen LogP contribution in [0.1, 0.15) is 35.2 Å². The van der Waals surface area contributed by atoms with Crippen LogP contribution in [0.2, 0.25) is 0 Å². The van der Waals surface area contributed by atoms with Crippen molar-refractivity contribution in [1.29, 1.82) is 0 Å². The molecule has 0 bridgehead atoms. The van der Waals surface area contributed by atoms with E-state index in [0.29, 0.717) is 18.9 Å². The van der Waals surface area contributed by atoms with Crippen molar-refractivity contribution >= 4 is 17.2 Å². The summed E-state index contributed by atoms with van der Waals surface area (Å²) in [6, 6.07) is 22.1. The van der Waals surface area contributed by atoms with Crippen LogP contribution < -0.4 is 5.32 Å². The largest absolute Gasteiger partial charge is 0.367 e. The minimum atomic E-state index is 0.234. The first-order chi connectivity index (χ1) is 17.7. The van der Waals surface area contributed by atoms with E-state index in [1.165, 1.54) is 18.4 Å². The lowest BCUT2D eigenvalue weighted by molar-refractivity contribution is 0.0976. The van der Waals surface area contributed by atoms with E-state index >= 15 is 0 Å². The molecule has 1 aliphatic rings. The number of Topliss-reactive ketones (excluding diaryl/α,β-unsaturated/α-hetero) is 1. The topological polar surface area (TPSA) is 72.2 Å². The van der Waals surface area contributed by atoms with Crippen molar-refractivity contribution in [2.75, 3.05) is 11.9 Å². The molecule has 0 spiro atoms. The van der Waals surface area contributed by atoms with Crippen LogP contribution in [0, 0.1) is 5.92 Å². The number of anilines is 1. The molecule has 6 nitrogen and oxygen atoms in total. The molecule has 0 saturated heterocycles.